The predicted molar refractivity (Wildman–Crippen MR) is 79.7 cm³/mol. The first-order chi connectivity index (χ1) is 9.90. The first-order valence-corrected chi connectivity index (χ1v) is 7.71. The molecule has 118 valence electrons. The number of nitrogens with zero attached hydrogens (tertiary/aromatic N) is 4. The van der Waals surface area contributed by atoms with Crippen molar-refractivity contribution in [1.82, 2.24) is 19.9 Å². The van der Waals surface area contributed by atoms with E-state index in [9.17, 15) is 4.79 Å². The topological polar surface area (TPSA) is 62.5 Å². The number of hydrogen-bond donors (Lipinski definition) is 0. The summed E-state index contributed by atoms with van der Waals surface area (Å²) >= 11 is 0. The van der Waals surface area contributed by atoms with Crippen LogP contribution in [0.15, 0.2) is 4.52 Å². The van der Waals surface area contributed by atoms with E-state index in [4.69, 9.17) is 4.52 Å². The maximum Gasteiger partial charge on any atom is 0.243 e. The van der Waals surface area contributed by atoms with Gasteiger partial charge in [0.2, 0.25) is 11.8 Å². The molecule has 1 fully saturated rings. The highest BCUT2D eigenvalue weighted by atomic mass is 16.5. The summed E-state index contributed by atoms with van der Waals surface area (Å²) in [6.45, 7) is 9.79. The van der Waals surface area contributed by atoms with Crippen LogP contribution in [0.25, 0.3) is 0 Å². The minimum Gasteiger partial charge on any atom is -0.343 e. The van der Waals surface area contributed by atoms with Gasteiger partial charge in [0.1, 0.15) is 0 Å². The molecule has 0 saturated carbocycles. The van der Waals surface area contributed by atoms with Crippen LogP contribution in [-0.4, -0.2) is 52.0 Å². The molecule has 1 aromatic heterocycles. The van der Waals surface area contributed by atoms with E-state index in [1.54, 1.807) is 0 Å². The zero-order valence-electron chi connectivity index (χ0n) is 13.7. The van der Waals surface area contributed by atoms with Gasteiger partial charge in [0.25, 0.3) is 0 Å². The molecular weight excluding hydrogens is 268 g/mol. The summed E-state index contributed by atoms with van der Waals surface area (Å²) in [6, 6.07) is 0.376. The van der Waals surface area contributed by atoms with Crippen LogP contribution < -0.4 is 0 Å². The first-order valence-electron chi connectivity index (χ1n) is 7.71. The molecule has 0 radical (unpaired) electrons. The van der Waals surface area contributed by atoms with E-state index in [-0.39, 0.29) is 23.9 Å². The lowest BCUT2D eigenvalue weighted by Gasteiger charge is -2.36. The molecule has 0 spiro atoms. The molecular formula is C15H26N4O2. The number of aryl methyl sites for hydroxylation is 1. The van der Waals surface area contributed by atoms with Crippen LogP contribution in [0.3, 0.4) is 0 Å². The lowest BCUT2D eigenvalue weighted by Crippen LogP contribution is -2.43. The third kappa shape index (κ3) is 3.61. The van der Waals surface area contributed by atoms with Crippen molar-refractivity contribution in [2.75, 3.05) is 20.1 Å². The zero-order chi connectivity index (χ0) is 15.6. The van der Waals surface area contributed by atoms with E-state index >= 15 is 0 Å². The number of likely N-dealkylation sites (tertiary alicyclic amines) is 1. The Hall–Kier alpha value is -1.43. The lowest BCUT2D eigenvalue weighted by atomic mass is 9.94. The lowest BCUT2D eigenvalue weighted by molar-refractivity contribution is -0.137. The Morgan fingerprint density at radius 3 is 2.43 bits per heavy atom. The van der Waals surface area contributed by atoms with Gasteiger partial charge in [-0.1, -0.05) is 5.16 Å². The number of rotatable bonds is 4. The van der Waals surface area contributed by atoms with Gasteiger partial charge in [-0.25, -0.2) is 0 Å². The van der Waals surface area contributed by atoms with Crippen molar-refractivity contribution in [1.29, 1.82) is 0 Å². The zero-order valence-corrected chi connectivity index (χ0v) is 13.7. The second kappa shape index (κ2) is 6.56. The molecule has 2 rings (SSSR count). The minimum absolute atomic E-state index is 0.116. The fourth-order valence-corrected chi connectivity index (χ4v) is 2.72. The molecule has 1 amide bonds. The second-order valence-electron chi connectivity index (χ2n) is 6.21. The van der Waals surface area contributed by atoms with Gasteiger partial charge in [-0.05, 0) is 53.6 Å². The monoisotopic (exact) mass is 294 g/mol. The third-order valence-electron chi connectivity index (χ3n) is 4.45. The van der Waals surface area contributed by atoms with Crippen molar-refractivity contribution < 1.29 is 9.32 Å². The summed E-state index contributed by atoms with van der Waals surface area (Å²) in [6.07, 6.45) is 1.79. The first kappa shape index (κ1) is 15.9. The Morgan fingerprint density at radius 2 is 1.95 bits per heavy atom. The summed E-state index contributed by atoms with van der Waals surface area (Å²) < 4.78 is 5.25. The minimum atomic E-state index is 0.116. The van der Waals surface area contributed by atoms with Gasteiger partial charge >= 0.3 is 0 Å². The largest absolute Gasteiger partial charge is 0.343 e. The maximum atomic E-state index is 12.4. The molecule has 0 unspecified atom stereocenters. The van der Waals surface area contributed by atoms with Crippen LogP contribution in [0.2, 0.25) is 0 Å². The van der Waals surface area contributed by atoms with Crippen LogP contribution in [-0.2, 0) is 4.79 Å². The molecule has 1 atom stereocenters. The molecule has 0 bridgehead atoms. The van der Waals surface area contributed by atoms with Crippen molar-refractivity contribution in [3.8, 4) is 0 Å². The highest BCUT2D eigenvalue weighted by Crippen LogP contribution is 2.26. The van der Waals surface area contributed by atoms with E-state index in [0.717, 1.165) is 25.9 Å². The van der Waals surface area contributed by atoms with Crippen molar-refractivity contribution >= 4 is 5.91 Å². The SMILES string of the molecule is Cc1noc([C@H](C)N2CCC(C(=O)N(C)C(C)C)CC2)n1. The molecule has 6 nitrogen and oxygen atoms in total. The number of carbonyl (C=O) groups excluding carboxylic acids is 1. The van der Waals surface area contributed by atoms with Gasteiger partial charge in [0.15, 0.2) is 5.82 Å². The van der Waals surface area contributed by atoms with E-state index in [0.29, 0.717) is 11.7 Å². The molecule has 0 aromatic carbocycles. The van der Waals surface area contributed by atoms with Gasteiger partial charge in [-0.2, -0.15) is 4.98 Å². The number of carbonyl (C=O) groups is 1. The fraction of sp³-hybridized carbons (Fsp3) is 0.800. The molecule has 0 N–H and O–H groups in total. The Labute approximate surface area is 126 Å². The average molecular weight is 294 g/mol. The maximum absolute atomic E-state index is 12.4. The average Bonchev–Trinajstić information content (AvgIpc) is 2.91. The van der Waals surface area contributed by atoms with Gasteiger partial charge in [-0.15, -0.1) is 0 Å². The van der Waals surface area contributed by atoms with Crippen LogP contribution in [0, 0.1) is 12.8 Å². The molecule has 21 heavy (non-hydrogen) atoms. The Morgan fingerprint density at radius 1 is 1.33 bits per heavy atom. The smallest absolute Gasteiger partial charge is 0.243 e. The standard InChI is InChI=1S/C15H26N4O2/c1-10(2)18(5)15(20)13-6-8-19(9-7-13)11(3)14-16-12(4)17-21-14/h10-11,13H,6-9H2,1-5H3/t11-/m0/s1. The Balaban J connectivity index is 1.90. The molecule has 1 saturated heterocycles. The summed E-state index contributed by atoms with van der Waals surface area (Å²) in [7, 11) is 1.89. The number of piperidine rings is 1. The molecule has 1 aliphatic rings. The Bertz CT molecular complexity index is 478. The predicted octanol–water partition coefficient (Wildman–Crippen LogP) is 2.02. The normalized spacial score (nSPS) is 19.0. The van der Waals surface area contributed by atoms with E-state index in [1.807, 2.05) is 32.7 Å². The van der Waals surface area contributed by atoms with E-state index in [2.05, 4.69) is 22.0 Å². The summed E-state index contributed by atoms with van der Waals surface area (Å²) in [5.74, 6) is 1.74. The van der Waals surface area contributed by atoms with E-state index < -0.39 is 0 Å². The van der Waals surface area contributed by atoms with Gasteiger partial charge < -0.3 is 9.42 Å². The molecule has 1 aliphatic heterocycles. The quantitative estimate of drug-likeness (QED) is 0.850. The molecule has 1 aromatic rings. The van der Waals surface area contributed by atoms with Gasteiger partial charge in [0, 0.05) is 19.0 Å². The molecule has 0 aliphatic carbocycles. The van der Waals surface area contributed by atoms with Gasteiger partial charge in [0.05, 0.1) is 6.04 Å². The number of hydrogen-bond acceptors (Lipinski definition) is 5. The van der Waals surface area contributed by atoms with Crippen LogP contribution in [0.1, 0.15) is 51.4 Å². The van der Waals surface area contributed by atoms with Crippen LogP contribution in [0.4, 0.5) is 0 Å². The Kier molecular flexibility index (Phi) is 4.98. The summed E-state index contributed by atoms with van der Waals surface area (Å²) in [5, 5.41) is 3.84. The number of amides is 1. The summed E-state index contributed by atoms with van der Waals surface area (Å²) in [4.78, 5) is 20.8. The summed E-state index contributed by atoms with van der Waals surface area (Å²) in [5.41, 5.74) is 0. The van der Waals surface area contributed by atoms with E-state index in [1.165, 1.54) is 0 Å². The van der Waals surface area contributed by atoms with Crippen molar-refractivity contribution in [2.45, 2.75) is 52.6 Å². The van der Waals surface area contributed by atoms with Crippen molar-refractivity contribution in [3.05, 3.63) is 11.7 Å². The molecule has 6 heteroatoms. The van der Waals surface area contributed by atoms with Gasteiger partial charge in [-0.3, -0.25) is 9.69 Å². The second-order valence-corrected chi connectivity index (χ2v) is 6.21. The third-order valence-corrected chi connectivity index (χ3v) is 4.45. The molecule has 2 heterocycles. The van der Waals surface area contributed by atoms with Crippen LogP contribution >= 0.6 is 0 Å². The van der Waals surface area contributed by atoms with Crippen molar-refractivity contribution in [3.63, 3.8) is 0 Å². The highest BCUT2D eigenvalue weighted by Gasteiger charge is 2.31. The van der Waals surface area contributed by atoms with Crippen LogP contribution in [0.5, 0.6) is 0 Å². The van der Waals surface area contributed by atoms with Crippen molar-refractivity contribution in [2.24, 2.45) is 5.92 Å². The number of aromatic nitrogens is 2. The highest BCUT2D eigenvalue weighted by molar-refractivity contribution is 5.78. The fourth-order valence-electron chi connectivity index (χ4n) is 2.72.